The highest BCUT2D eigenvalue weighted by atomic mass is 32.1. The van der Waals surface area contributed by atoms with Gasteiger partial charge in [0.05, 0.1) is 5.60 Å². The van der Waals surface area contributed by atoms with Crippen LogP contribution in [-0.4, -0.2) is 11.5 Å². The van der Waals surface area contributed by atoms with Gasteiger partial charge in [0.2, 0.25) is 0 Å². The molecule has 4 heteroatoms. The highest BCUT2D eigenvalue weighted by Crippen LogP contribution is 2.43. The number of nitrogens with two attached hydrogens (primary N) is 1. The van der Waals surface area contributed by atoms with Crippen LogP contribution in [0.1, 0.15) is 74.4 Å². The molecule has 1 amide bonds. The second-order valence-corrected chi connectivity index (χ2v) is 9.66. The van der Waals surface area contributed by atoms with Crippen LogP contribution in [0.5, 0.6) is 0 Å². The molecule has 3 nitrogen and oxygen atoms in total. The molecule has 1 heterocycles. The van der Waals surface area contributed by atoms with E-state index in [9.17, 15) is 4.79 Å². The van der Waals surface area contributed by atoms with Crippen molar-refractivity contribution in [3.05, 3.63) is 27.0 Å². The van der Waals surface area contributed by atoms with Gasteiger partial charge >= 0.3 is 0 Å². The van der Waals surface area contributed by atoms with Crippen molar-refractivity contribution in [1.29, 1.82) is 0 Å². The lowest BCUT2D eigenvalue weighted by molar-refractivity contribution is -0.140. The largest absolute Gasteiger partial charge is 0.367 e. The molecular formula is C20H31NO2S. The van der Waals surface area contributed by atoms with Crippen molar-refractivity contribution < 1.29 is 9.53 Å². The number of thiophene rings is 1. The molecule has 1 aliphatic carbocycles. The third-order valence-corrected chi connectivity index (χ3v) is 5.48. The van der Waals surface area contributed by atoms with Crippen molar-refractivity contribution in [2.24, 2.45) is 17.6 Å². The standard InChI is InChI=1S/C20H31NO2S/c1-11-8-12(2)10-15(9-11)16-13(3)24-14(4)17(16)18(19(21)22)23-20(5,6)7/h9,11-12,18H,8,10H2,1-7H3,(H2,21,22). The summed E-state index contributed by atoms with van der Waals surface area (Å²) in [5.74, 6) is 0.805. The molecule has 3 unspecified atom stereocenters. The molecule has 24 heavy (non-hydrogen) atoms. The zero-order valence-electron chi connectivity index (χ0n) is 16.0. The topological polar surface area (TPSA) is 52.3 Å². The minimum absolute atomic E-state index is 0.412. The van der Waals surface area contributed by atoms with Crippen molar-refractivity contribution in [2.75, 3.05) is 0 Å². The molecule has 2 N–H and O–H groups in total. The lowest BCUT2D eigenvalue weighted by atomic mass is 9.80. The second-order valence-electron chi connectivity index (χ2n) is 8.23. The van der Waals surface area contributed by atoms with Crippen molar-refractivity contribution in [3.63, 3.8) is 0 Å². The summed E-state index contributed by atoms with van der Waals surface area (Å²) in [6, 6.07) is 0. The van der Waals surface area contributed by atoms with Crippen LogP contribution in [0.15, 0.2) is 6.08 Å². The predicted molar refractivity (Wildman–Crippen MR) is 102 cm³/mol. The minimum Gasteiger partial charge on any atom is -0.367 e. The van der Waals surface area contributed by atoms with Crippen molar-refractivity contribution in [3.8, 4) is 0 Å². The molecule has 0 aliphatic heterocycles. The fourth-order valence-corrected chi connectivity index (χ4v) is 4.91. The molecule has 0 saturated heterocycles. The molecule has 134 valence electrons. The molecule has 3 atom stereocenters. The van der Waals surface area contributed by atoms with Crippen molar-refractivity contribution in [1.82, 2.24) is 0 Å². The number of carbonyl (C=O) groups excluding carboxylic acids is 1. The SMILES string of the molecule is Cc1sc(C)c(C(OC(C)(C)C)C(N)=O)c1C1=CC(C)CC(C)C1. The van der Waals surface area contributed by atoms with Crippen LogP contribution in [0.3, 0.4) is 0 Å². The van der Waals surface area contributed by atoms with Crippen LogP contribution in [0.2, 0.25) is 0 Å². The van der Waals surface area contributed by atoms with Crippen molar-refractivity contribution >= 4 is 22.8 Å². The molecule has 0 saturated carbocycles. The van der Waals surface area contributed by atoms with Crippen LogP contribution in [0.4, 0.5) is 0 Å². The number of hydrogen-bond donors (Lipinski definition) is 1. The summed E-state index contributed by atoms with van der Waals surface area (Å²) in [5, 5.41) is 0. The first-order valence-electron chi connectivity index (χ1n) is 8.77. The molecular weight excluding hydrogens is 318 g/mol. The Balaban J connectivity index is 2.56. The van der Waals surface area contributed by atoms with Gasteiger partial charge in [-0.2, -0.15) is 0 Å². The number of rotatable bonds is 4. The summed E-state index contributed by atoms with van der Waals surface area (Å²) in [6.45, 7) is 14.6. The number of aryl methyl sites for hydroxylation is 2. The van der Waals surface area contributed by atoms with E-state index in [-0.39, 0.29) is 0 Å². The monoisotopic (exact) mass is 349 g/mol. The Kier molecular flexibility index (Phi) is 5.61. The zero-order valence-corrected chi connectivity index (χ0v) is 16.8. The smallest absolute Gasteiger partial charge is 0.251 e. The van der Waals surface area contributed by atoms with Gasteiger partial charge in [0, 0.05) is 15.3 Å². The summed E-state index contributed by atoms with van der Waals surface area (Å²) < 4.78 is 6.07. The molecule has 0 spiro atoms. The molecule has 0 aromatic carbocycles. The number of hydrogen-bond acceptors (Lipinski definition) is 3. The van der Waals surface area contributed by atoms with Gasteiger partial charge in [-0.05, 0) is 70.4 Å². The number of ether oxygens (including phenoxy) is 1. The van der Waals surface area contributed by atoms with Gasteiger partial charge in [0.15, 0.2) is 6.10 Å². The molecule has 1 aliphatic rings. The Labute approximate surface area is 150 Å². The van der Waals surface area contributed by atoms with E-state index in [1.54, 1.807) is 11.3 Å². The van der Waals surface area contributed by atoms with Gasteiger partial charge in [-0.15, -0.1) is 11.3 Å². The summed E-state index contributed by atoms with van der Waals surface area (Å²) >= 11 is 1.74. The first kappa shape index (κ1) is 19.2. The van der Waals surface area contributed by atoms with Crippen LogP contribution in [0.25, 0.3) is 5.57 Å². The van der Waals surface area contributed by atoms with Gasteiger partial charge in [-0.1, -0.05) is 19.9 Å². The summed E-state index contributed by atoms with van der Waals surface area (Å²) in [7, 11) is 0. The van der Waals surface area contributed by atoms with Gasteiger partial charge in [0.1, 0.15) is 0 Å². The maximum Gasteiger partial charge on any atom is 0.251 e. The molecule has 1 aromatic rings. The highest BCUT2D eigenvalue weighted by Gasteiger charge is 2.32. The van der Waals surface area contributed by atoms with Crippen LogP contribution in [0, 0.1) is 25.7 Å². The molecule has 1 aromatic heterocycles. The highest BCUT2D eigenvalue weighted by molar-refractivity contribution is 7.12. The van der Waals surface area contributed by atoms with Gasteiger partial charge in [-0.25, -0.2) is 0 Å². The summed E-state index contributed by atoms with van der Waals surface area (Å²) in [5.41, 5.74) is 8.82. The van der Waals surface area contributed by atoms with E-state index in [0.717, 1.165) is 16.9 Å². The average molecular weight is 350 g/mol. The number of amides is 1. The maximum absolute atomic E-state index is 12.2. The quantitative estimate of drug-likeness (QED) is 0.816. The van der Waals surface area contributed by atoms with Crippen LogP contribution in [-0.2, 0) is 9.53 Å². The van der Waals surface area contributed by atoms with Gasteiger partial charge < -0.3 is 10.5 Å². The third kappa shape index (κ3) is 4.28. The molecule has 0 radical (unpaired) electrons. The Bertz CT molecular complexity index is 651. The normalized spacial score (nSPS) is 23.0. The van der Waals surface area contributed by atoms with E-state index >= 15 is 0 Å². The lowest BCUT2D eigenvalue weighted by Gasteiger charge is -2.29. The van der Waals surface area contributed by atoms with E-state index in [1.165, 1.54) is 22.4 Å². The Morgan fingerprint density at radius 1 is 1.29 bits per heavy atom. The number of primary amides is 1. The summed E-state index contributed by atoms with van der Waals surface area (Å²) in [4.78, 5) is 14.6. The van der Waals surface area contributed by atoms with E-state index in [2.05, 4.69) is 33.8 Å². The maximum atomic E-state index is 12.2. The number of carbonyl (C=O) groups is 1. The van der Waals surface area contributed by atoms with Gasteiger partial charge in [-0.3, -0.25) is 4.79 Å². The number of allylic oxidation sites excluding steroid dienone is 2. The molecule has 2 rings (SSSR count). The first-order valence-corrected chi connectivity index (χ1v) is 9.59. The minimum atomic E-state index is -0.696. The average Bonchev–Trinajstić information content (AvgIpc) is 2.68. The van der Waals surface area contributed by atoms with Gasteiger partial charge in [0.25, 0.3) is 5.91 Å². The van der Waals surface area contributed by atoms with E-state index in [4.69, 9.17) is 10.5 Å². The zero-order chi connectivity index (χ0) is 18.2. The Morgan fingerprint density at radius 3 is 2.42 bits per heavy atom. The van der Waals surface area contributed by atoms with Crippen molar-refractivity contribution in [2.45, 2.75) is 73.0 Å². The summed E-state index contributed by atoms with van der Waals surface area (Å²) in [6.07, 6.45) is 3.94. The van der Waals surface area contributed by atoms with E-state index in [0.29, 0.717) is 11.8 Å². The predicted octanol–water partition coefficient (Wildman–Crippen LogP) is 5.16. The Morgan fingerprint density at radius 2 is 1.92 bits per heavy atom. The second kappa shape index (κ2) is 7.01. The third-order valence-electron chi connectivity index (χ3n) is 4.45. The lowest BCUT2D eigenvalue weighted by Crippen LogP contribution is -2.32. The van der Waals surface area contributed by atoms with Crippen LogP contribution < -0.4 is 5.73 Å². The van der Waals surface area contributed by atoms with Crippen LogP contribution >= 0.6 is 11.3 Å². The van der Waals surface area contributed by atoms with E-state index < -0.39 is 17.6 Å². The Hall–Kier alpha value is -1.13. The molecule has 0 bridgehead atoms. The fourth-order valence-electron chi connectivity index (χ4n) is 3.79. The van der Waals surface area contributed by atoms with E-state index in [1.807, 2.05) is 20.8 Å². The first-order chi connectivity index (χ1) is 11.0. The molecule has 0 fully saturated rings. The fraction of sp³-hybridized carbons (Fsp3) is 0.650.